The molecule has 2 aromatic heterocycles. The molecule has 1 saturated heterocycles. The number of hydrogen-bond donors (Lipinski definition) is 2. The average molecular weight is 311 g/mol. The van der Waals surface area contributed by atoms with E-state index in [1.807, 2.05) is 6.07 Å². The number of nitrogens with zero attached hydrogens (tertiary/aromatic N) is 5. The molecule has 0 unspecified atom stereocenters. The molecule has 0 aliphatic carbocycles. The van der Waals surface area contributed by atoms with Crippen LogP contribution in [0.15, 0.2) is 24.3 Å². The van der Waals surface area contributed by atoms with E-state index in [2.05, 4.69) is 49.9 Å². The van der Waals surface area contributed by atoms with Gasteiger partial charge in [-0.05, 0) is 38.1 Å². The van der Waals surface area contributed by atoms with Crippen molar-refractivity contribution in [2.45, 2.75) is 25.3 Å². The van der Waals surface area contributed by atoms with Crippen LogP contribution in [0.25, 0.3) is 11.0 Å². The van der Waals surface area contributed by atoms with Crippen LogP contribution in [0.3, 0.4) is 0 Å². The molecule has 0 atom stereocenters. The lowest BCUT2D eigenvalue weighted by molar-refractivity contribution is 0.196. The van der Waals surface area contributed by atoms with E-state index in [1.165, 1.54) is 5.52 Å². The molecule has 7 heteroatoms. The summed E-state index contributed by atoms with van der Waals surface area (Å²) in [6.07, 6.45) is 2.14. The monoisotopic (exact) mass is 311 g/mol. The second kappa shape index (κ2) is 5.66. The molecule has 3 aromatic rings. The summed E-state index contributed by atoms with van der Waals surface area (Å²) < 4.78 is 2.19. The quantitative estimate of drug-likeness (QED) is 0.768. The number of para-hydroxylation sites is 2. The maximum atomic E-state index is 5.59. The lowest BCUT2D eigenvalue weighted by Crippen LogP contribution is -2.33. The van der Waals surface area contributed by atoms with Gasteiger partial charge < -0.3 is 10.3 Å². The second-order valence-electron chi connectivity index (χ2n) is 6.21. The molecular formula is C16H21N7. The lowest BCUT2D eigenvalue weighted by atomic mass is 9.96. The first-order valence-electron chi connectivity index (χ1n) is 8.01. The van der Waals surface area contributed by atoms with Gasteiger partial charge in [-0.1, -0.05) is 12.1 Å². The van der Waals surface area contributed by atoms with Crippen LogP contribution in [0, 0.1) is 0 Å². The van der Waals surface area contributed by atoms with Crippen LogP contribution in [0.4, 0.5) is 5.95 Å². The van der Waals surface area contributed by atoms with E-state index in [0.717, 1.165) is 49.6 Å². The van der Waals surface area contributed by atoms with Crippen molar-refractivity contribution in [2.75, 3.05) is 18.8 Å². The number of likely N-dealkylation sites (tertiary alicyclic amines) is 1. The number of hydrogen-bond acceptors (Lipinski definition) is 5. The largest absolute Gasteiger partial charge is 0.367 e. The number of aromatic nitrogens is 5. The summed E-state index contributed by atoms with van der Waals surface area (Å²) in [4.78, 5) is 11.5. The van der Waals surface area contributed by atoms with Crippen molar-refractivity contribution in [2.24, 2.45) is 7.05 Å². The van der Waals surface area contributed by atoms with Gasteiger partial charge in [-0.15, -0.1) is 5.10 Å². The molecule has 0 saturated carbocycles. The van der Waals surface area contributed by atoms with Gasteiger partial charge in [0.1, 0.15) is 11.6 Å². The fourth-order valence-corrected chi connectivity index (χ4v) is 3.37. The number of anilines is 1. The van der Waals surface area contributed by atoms with Crippen molar-refractivity contribution in [1.29, 1.82) is 0 Å². The summed E-state index contributed by atoms with van der Waals surface area (Å²) in [6.45, 7) is 2.96. The average Bonchev–Trinajstić information content (AvgIpc) is 3.13. The van der Waals surface area contributed by atoms with Crippen molar-refractivity contribution in [1.82, 2.24) is 29.6 Å². The SMILES string of the molecule is Cn1c(CN2CCC(c3nc(N)n[nH]3)CC2)nc2ccccc21. The molecule has 1 aliphatic heterocycles. The summed E-state index contributed by atoms with van der Waals surface area (Å²) in [5.41, 5.74) is 7.85. The van der Waals surface area contributed by atoms with E-state index >= 15 is 0 Å². The molecule has 0 spiro atoms. The lowest BCUT2D eigenvalue weighted by Gasteiger charge is -2.30. The minimum atomic E-state index is 0.335. The fourth-order valence-electron chi connectivity index (χ4n) is 3.37. The highest BCUT2D eigenvalue weighted by atomic mass is 15.3. The number of piperidine rings is 1. The molecule has 1 fully saturated rings. The highest BCUT2D eigenvalue weighted by Gasteiger charge is 2.24. The molecule has 3 N–H and O–H groups in total. The number of aromatic amines is 1. The van der Waals surface area contributed by atoms with Gasteiger partial charge in [-0.25, -0.2) is 4.98 Å². The summed E-state index contributed by atoms with van der Waals surface area (Å²) in [6, 6.07) is 8.28. The Morgan fingerprint density at radius 3 is 2.70 bits per heavy atom. The zero-order chi connectivity index (χ0) is 15.8. The van der Waals surface area contributed by atoms with Crippen molar-refractivity contribution in [3.63, 3.8) is 0 Å². The number of benzene rings is 1. The first-order chi connectivity index (χ1) is 11.2. The van der Waals surface area contributed by atoms with Gasteiger partial charge in [-0.3, -0.25) is 10.00 Å². The van der Waals surface area contributed by atoms with Crippen LogP contribution in [0.2, 0.25) is 0 Å². The van der Waals surface area contributed by atoms with Gasteiger partial charge in [0.2, 0.25) is 5.95 Å². The van der Waals surface area contributed by atoms with Gasteiger partial charge >= 0.3 is 0 Å². The minimum absolute atomic E-state index is 0.335. The zero-order valence-electron chi connectivity index (χ0n) is 13.2. The van der Waals surface area contributed by atoms with Crippen LogP contribution < -0.4 is 5.73 Å². The summed E-state index contributed by atoms with van der Waals surface area (Å²) in [7, 11) is 2.09. The predicted molar refractivity (Wildman–Crippen MR) is 88.8 cm³/mol. The van der Waals surface area contributed by atoms with Gasteiger partial charge in [0, 0.05) is 13.0 Å². The molecule has 7 nitrogen and oxygen atoms in total. The molecule has 23 heavy (non-hydrogen) atoms. The van der Waals surface area contributed by atoms with E-state index in [1.54, 1.807) is 0 Å². The van der Waals surface area contributed by atoms with Crippen molar-refractivity contribution in [3.8, 4) is 0 Å². The topological polar surface area (TPSA) is 88.6 Å². The Labute approximate surface area is 134 Å². The van der Waals surface area contributed by atoms with Crippen molar-refractivity contribution < 1.29 is 0 Å². The number of H-pyrrole nitrogens is 1. The number of nitrogens with one attached hydrogen (secondary N) is 1. The maximum absolute atomic E-state index is 5.59. The second-order valence-corrected chi connectivity index (χ2v) is 6.21. The Bertz CT molecular complexity index is 811. The van der Waals surface area contributed by atoms with E-state index in [-0.39, 0.29) is 0 Å². The number of aryl methyl sites for hydroxylation is 1. The van der Waals surface area contributed by atoms with E-state index in [9.17, 15) is 0 Å². The summed E-state index contributed by atoms with van der Waals surface area (Å²) >= 11 is 0. The number of rotatable bonds is 3. The highest BCUT2D eigenvalue weighted by molar-refractivity contribution is 5.75. The third kappa shape index (κ3) is 2.68. The Kier molecular flexibility index (Phi) is 3.49. The number of imidazole rings is 1. The Hall–Kier alpha value is -2.41. The normalized spacial score (nSPS) is 17.1. The highest BCUT2D eigenvalue weighted by Crippen LogP contribution is 2.26. The first-order valence-corrected chi connectivity index (χ1v) is 8.01. The smallest absolute Gasteiger partial charge is 0.239 e. The van der Waals surface area contributed by atoms with E-state index < -0.39 is 0 Å². The fraction of sp³-hybridized carbons (Fsp3) is 0.438. The molecule has 0 bridgehead atoms. The molecular weight excluding hydrogens is 290 g/mol. The van der Waals surface area contributed by atoms with E-state index in [0.29, 0.717) is 11.9 Å². The number of nitrogen functional groups attached to an aromatic ring is 1. The van der Waals surface area contributed by atoms with Crippen molar-refractivity contribution >= 4 is 17.0 Å². The Morgan fingerprint density at radius 1 is 1.22 bits per heavy atom. The minimum Gasteiger partial charge on any atom is -0.367 e. The standard InChI is InChI=1S/C16H21N7/c1-22-13-5-3-2-4-12(13)18-14(22)10-23-8-6-11(7-9-23)15-19-16(17)21-20-15/h2-5,11H,6-10H2,1H3,(H3,17,19,20,21). The van der Waals surface area contributed by atoms with Gasteiger partial charge in [0.25, 0.3) is 0 Å². The molecule has 1 aromatic carbocycles. The van der Waals surface area contributed by atoms with Crippen LogP contribution in [-0.2, 0) is 13.6 Å². The van der Waals surface area contributed by atoms with Crippen LogP contribution >= 0.6 is 0 Å². The zero-order valence-corrected chi connectivity index (χ0v) is 13.2. The van der Waals surface area contributed by atoms with E-state index in [4.69, 9.17) is 10.7 Å². The molecule has 1 aliphatic rings. The third-order valence-electron chi connectivity index (χ3n) is 4.74. The predicted octanol–water partition coefficient (Wildman–Crippen LogP) is 1.65. The van der Waals surface area contributed by atoms with Crippen molar-refractivity contribution in [3.05, 3.63) is 35.9 Å². The summed E-state index contributed by atoms with van der Waals surface area (Å²) in [5, 5.41) is 6.87. The Morgan fingerprint density at radius 2 is 2.00 bits per heavy atom. The molecule has 0 amide bonds. The number of nitrogens with two attached hydrogens (primary N) is 1. The molecule has 3 heterocycles. The first kappa shape index (κ1) is 14.2. The molecule has 4 rings (SSSR count). The third-order valence-corrected chi connectivity index (χ3v) is 4.74. The van der Waals surface area contributed by atoms with Gasteiger partial charge in [0.05, 0.1) is 17.6 Å². The maximum Gasteiger partial charge on any atom is 0.239 e. The summed E-state index contributed by atoms with van der Waals surface area (Å²) in [5.74, 6) is 2.80. The van der Waals surface area contributed by atoms with Crippen LogP contribution in [0.5, 0.6) is 0 Å². The van der Waals surface area contributed by atoms with Crippen LogP contribution in [-0.4, -0.2) is 42.7 Å². The molecule has 0 radical (unpaired) electrons. The van der Waals surface area contributed by atoms with Gasteiger partial charge in [0.15, 0.2) is 0 Å². The van der Waals surface area contributed by atoms with Gasteiger partial charge in [-0.2, -0.15) is 4.98 Å². The number of fused-ring (bicyclic) bond motifs is 1. The Balaban J connectivity index is 1.43. The van der Waals surface area contributed by atoms with Crippen LogP contribution in [0.1, 0.15) is 30.4 Å². The molecule has 120 valence electrons.